The molecule has 88 valence electrons. The summed E-state index contributed by atoms with van der Waals surface area (Å²) in [5.74, 6) is 0.366. The van der Waals surface area contributed by atoms with Crippen molar-refractivity contribution in [3.05, 3.63) is 35.1 Å². The first-order valence-corrected chi connectivity index (χ1v) is 5.17. The Morgan fingerprint density at radius 1 is 1.47 bits per heavy atom. The minimum atomic E-state index is -0.425. The Kier molecular flexibility index (Phi) is 2.97. The third-order valence-electron chi connectivity index (χ3n) is 2.15. The molecule has 7 heteroatoms. The first kappa shape index (κ1) is 11.4. The molecule has 2 heterocycles. The van der Waals surface area contributed by atoms with Crippen LogP contribution in [0, 0.1) is 0 Å². The zero-order valence-electron chi connectivity index (χ0n) is 9.01. The Hall–Kier alpha value is -2.08. The number of carbonyl (C=O) groups is 1. The number of hydrogen-bond acceptors (Lipinski definition) is 4. The number of anilines is 2. The van der Waals surface area contributed by atoms with E-state index >= 15 is 0 Å². The number of carbonyl (C=O) groups excluding carboxylic acids is 1. The number of nitrogen functional groups attached to an aromatic ring is 1. The summed E-state index contributed by atoms with van der Waals surface area (Å²) in [6.45, 7) is 0. The number of amides is 1. The first-order valence-electron chi connectivity index (χ1n) is 4.79. The van der Waals surface area contributed by atoms with Gasteiger partial charge in [0.2, 0.25) is 0 Å². The van der Waals surface area contributed by atoms with Crippen molar-refractivity contribution in [1.29, 1.82) is 0 Å². The molecule has 2 aromatic heterocycles. The van der Waals surface area contributed by atoms with Crippen LogP contribution in [0.3, 0.4) is 0 Å². The number of halogens is 1. The Morgan fingerprint density at radius 2 is 2.24 bits per heavy atom. The number of aryl methyl sites for hydroxylation is 1. The number of nitrogens with two attached hydrogens (primary N) is 1. The number of hydrogen-bond donors (Lipinski definition) is 2. The fraction of sp³-hybridized carbons (Fsp3) is 0.100. The second-order valence-electron chi connectivity index (χ2n) is 3.36. The molecule has 0 saturated heterocycles. The Balaban J connectivity index is 2.26. The van der Waals surface area contributed by atoms with Gasteiger partial charge in [0.15, 0.2) is 0 Å². The monoisotopic (exact) mass is 251 g/mol. The molecule has 0 radical (unpaired) electrons. The summed E-state index contributed by atoms with van der Waals surface area (Å²) in [5.41, 5.74) is 5.59. The number of nitrogens with one attached hydrogen (secondary N) is 1. The van der Waals surface area contributed by atoms with E-state index in [0.29, 0.717) is 5.82 Å². The molecule has 0 fully saturated rings. The molecule has 0 saturated carbocycles. The predicted molar refractivity (Wildman–Crippen MR) is 64.8 cm³/mol. The lowest BCUT2D eigenvalue weighted by atomic mass is 10.3. The van der Waals surface area contributed by atoms with E-state index in [0.717, 1.165) is 0 Å². The Bertz CT molecular complexity index is 566. The van der Waals surface area contributed by atoms with Crippen molar-refractivity contribution in [2.24, 2.45) is 7.05 Å². The molecule has 6 nitrogen and oxygen atoms in total. The van der Waals surface area contributed by atoms with E-state index in [2.05, 4.69) is 15.4 Å². The fourth-order valence-corrected chi connectivity index (χ4v) is 1.48. The molecular weight excluding hydrogens is 242 g/mol. The van der Waals surface area contributed by atoms with Crippen LogP contribution in [0.1, 0.15) is 10.5 Å². The van der Waals surface area contributed by atoms with E-state index in [1.54, 1.807) is 19.3 Å². The van der Waals surface area contributed by atoms with Crippen LogP contribution >= 0.6 is 11.6 Å². The first-order chi connectivity index (χ1) is 8.08. The van der Waals surface area contributed by atoms with Crippen LogP contribution in [0.15, 0.2) is 24.4 Å². The van der Waals surface area contributed by atoms with Crippen molar-refractivity contribution in [1.82, 2.24) is 14.8 Å². The third-order valence-corrected chi connectivity index (χ3v) is 2.45. The molecule has 3 N–H and O–H groups in total. The van der Waals surface area contributed by atoms with Crippen LogP contribution in [0.5, 0.6) is 0 Å². The molecular formula is C10H10ClN5O. The molecule has 0 aliphatic heterocycles. The predicted octanol–water partition coefficient (Wildman–Crippen LogP) is 1.30. The van der Waals surface area contributed by atoms with Crippen LogP contribution < -0.4 is 11.1 Å². The maximum atomic E-state index is 11.9. The van der Waals surface area contributed by atoms with E-state index < -0.39 is 5.91 Å². The molecule has 0 aliphatic carbocycles. The summed E-state index contributed by atoms with van der Waals surface area (Å²) in [4.78, 5) is 15.8. The van der Waals surface area contributed by atoms with Gasteiger partial charge < -0.3 is 11.1 Å². The summed E-state index contributed by atoms with van der Waals surface area (Å²) in [6, 6.07) is 4.73. The molecule has 2 aromatic rings. The topological polar surface area (TPSA) is 85.8 Å². The number of pyridine rings is 1. The summed E-state index contributed by atoms with van der Waals surface area (Å²) in [6.07, 6.45) is 1.57. The van der Waals surface area contributed by atoms with Gasteiger partial charge in [-0.15, -0.1) is 0 Å². The lowest BCUT2D eigenvalue weighted by Gasteiger charge is -2.06. The van der Waals surface area contributed by atoms with Crippen molar-refractivity contribution in [3.63, 3.8) is 0 Å². The smallest absolute Gasteiger partial charge is 0.277 e. The minimum Gasteiger partial charge on any atom is -0.384 e. The van der Waals surface area contributed by atoms with Crippen LogP contribution in [0.25, 0.3) is 0 Å². The molecule has 0 aromatic carbocycles. The van der Waals surface area contributed by atoms with Gasteiger partial charge in [-0.3, -0.25) is 9.48 Å². The number of aromatic nitrogens is 3. The van der Waals surface area contributed by atoms with E-state index in [1.165, 1.54) is 16.8 Å². The standard InChI is InChI=1S/C10H10ClN5O/c1-16-8(4-5-13-16)15-10(17)9-6(11)2-3-7(12)14-9/h2-5H,1H3,(H2,12,14)(H,15,17). The zero-order chi connectivity index (χ0) is 12.4. The molecule has 0 bridgehead atoms. The van der Waals surface area contributed by atoms with Crippen LogP contribution in [0.4, 0.5) is 11.6 Å². The number of rotatable bonds is 2. The second kappa shape index (κ2) is 4.42. The van der Waals surface area contributed by atoms with Gasteiger partial charge in [0.25, 0.3) is 5.91 Å². The van der Waals surface area contributed by atoms with Crippen molar-refractivity contribution < 1.29 is 4.79 Å². The molecule has 2 rings (SSSR count). The molecule has 0 spiro atoms. The van der Waals surface area contributed by atoms with E-state index in [-0.39, 0.29) is 16.5 Å². The van der Waals surface area contributed by atoms with Gasteiger partial charge in [-0.05, 0) is 12.1 Å². The minimum absolute atomic E-state index is 0.0906. The highest BCUT2D eigenvalue weighted by Crippen LogP contribution is 2.16. The SMILES string of the molecule is Cn1nccc1NC(=O)c1nc(N)ccc1Cl. The highest BCUT2D eigenvalue weighted by Gasteiger charge is 2.14. The van der Waals surface area contributed by atoms with Gasteiger partial charge >= 0.3 is 0 Å². The zero-order valence-corrected chi connectivity index (χ0v) is 9.77. The average molecular weight is 252 g/mol. The summed E-state index contributed by atoms with van der Waals surface area (Å²) in [7, 11) is 1.71. The molecule has 17 heavy (non-hydrogen) atoms. The molecule has 0 aliphatic rings. The lowest BCUT2D eigenvalue weighted by molar-refractivity contribution is 0.102. The average Bonchev–Trinajstić information content (AvgIpc) is 2.68. The molecule has 1 amide bonds. The van der Waals surface area contributed by atoms with Gasteiger partial charge in [0, 0.05) is 13.1 Å². The van der Waals surface area contributed by atoms with E-state index in [4.69, 9.17) is 17.3 Å². The quantitative estimate of drug-likeness (QED) is 0.842. The Morgan fingerprint density at radius 3 is 2.88 bits per heavy atom. The summed E-state index contributed by atoms with van der Waals surface area (Å²) < 4.78 is 1.53. The Labute approximate surface area is 102 Å². The maximum absolute atomic E-state index is 11.9. The highest BCUT2D eigenvalue weighted by molar-refractivity contribution is 6.34. The van der Waals surface area contributed by atoms with Crippen molar-refractivity contribution in [3.8, 4) is 0 Å². The van der Waals surface area contributed by atoms with E-state index in [9.17, 15) is 4.79 Å². The third kappa shape index (κ3) is 2.36. The van der Waals surface area contributed by atoms with Crippen LogP contribution in [-0.2, 0) is 7.05 Å². The van der Waals surface area contributed by atoms with Crippen LogP contribution in [-0.4, -0.2) is 20.7 Å². The van der Waals surface area contributed by atoms with Crippen LogP contribution in [0.2, 0.25) is 5.02 Å². The molecule has 0 atom stereocenters. The molecule has 0 unspecified atom stereocenters. The van der Waals surface area contributed by atoms with Gasteiger partial charge in [0.1, 0.15) is 17.3 Å². The van der Waals surface area contributed by atoms with Gasteiger partial charge in [-0.25, -0.2) is 4.98 Å². The lowest BCUT2D eigenvalue weighted by Crippen LogP contribution is -2.17. The largest absolute Gasteiger partial charge is 0.384 e. The van der Waals surface area contributed by atoms with Crippen molar-refractivity contribution in [2.45, 2.75) is 0 Å². The van der Waals surface area contributed by atoms with Crippen molar-refractivity contribution >= 4 is 29.1 Å². The normalized spacial score (nSPS) is 10.2. The van der Waals surface area contributed by atoms with E-state index in [1.807, 2.05) is 0 Å². The summed E-state index contributed by atoms with van der Waals surface area (Å²) >= 11 is 5.87. The number of nitrogens with zero attached hydrogens (tertiary/aromatic N) is 3. The van der Waals surface area contributed by atoms with Gasteiger partial charge in [0.05, 0.1) is 11.2 Å². The summed E-state index contributed by atoms with van der Waals surface area (Å²) in [5, 5.41) is 6.81. The fourth-order valence-electron chi connectivity index (χ4n) is 1.29. The van der Waals surface area contributed by atoms with Gasteiger partial charge in [-0.1, -0.05) is 11.6 Å². The maximum Gasteiger partial charge on any atom is 0.277 e. The second-order valence-corrected chi connectivity index (χ2v) is 3.77. The van der Waals surface area contributed by atoms with Crippen molar-refractivity contribution in [2.75, 3.05) is 11.1 Å². The highest BCUT2D eigenvalue weighted by atomic mass is 35.5. The van der Waals surface area contributed by atoms with Gasteiger partial charge in [-0.2, -0.15) is 5.10 Å².